The lowest BCUT2D eigenvalue weighted by Gasteiger charge is -2.20. The molecule has 54 heavy (non-hydrogen) atoms. The molecular formula is C31H30N4O14S5. The van der Waals surface area contributed by atoms with E-state index >= 15 is 0 Å². The summed E-state index contributed by atoms with van der Waals surface area (Å²) in [5.74, 6) is -5.45. The minimum atomic E-state index is -4.23. The number of carboxylic acids is 3. The number of amides is 1. The lowest BCUT2D eigenvalue weighted by molar-refractivity contribution is -0.142. The average molecular weight is 843 g/mol. The molecular weight excluding hydrogens is 813 g/mol. The monoisotopic (exact) mass is 842 g/mol. The fourth-order valence-electron chi connectivity index (χ4n) is 5.37. The molecule has 0 saturated carbocycles. The number of hydrogen-bond acceptors (Lipinski definition) is 15. The van der Waals surface area contributed by atoms with Crippen LogP contribution in [0.25, 0.3) is 10.5 Å². The maximum absolute atomic E-state index is 14.1. The number of nitrogens with zero attached hydrogens (tertiary/aromatic N) is 4. The molecule has 1 aromatic carbocycles. The van der Waals surface area contributed by atoms with Crippen LogP contribution in [0.2, 0.25) is 0 Å². The molecule has 0 aliphatic carbocycles. The Kier molecular flexibility index (Phi) is 12.7. The van der Waals surface area contributed by atoms with Gasteiger partial charge < -0.3 is 29.4 Å². The maximum atomic E-state index is 14.1. The number of ether oxygens (including phenoxy) is 1. The zero-order valence-corrected chi connectivity index (χ0v) is 32.0. The number of thiocarbonyl (C=S) groups is 1. The Morgan fingerprint density at radius 1 is 0.944 bits per heavy atom. The van der Waals surface area contributed by atoms with Gasteiger partial charge >= 0.3 is 17.9 Å². The minimum absolute atomic E-state index is 0.0719. The Labute approximate surface area is 321 Å². The Hall–Kier alpha value is -4.52. The lowest BCUT2D eigenvalue weighted by Crippen LogP contribution is -2.35. The van der Waals surface area contributed by atoms with Gasteiger partial charge in [0.1, 0.15) is 33.6 Å². The summed E-state index contributed by atoms with van der Waals surface area (Å²) in [5, 5.41) is 28.6. The van der Waals surface area contributed by atoms with Gasteiger partial charge in [-0.25, -0.2) is 4.79 Å². The van der Waals surface area contributed by atoms with Crippen molar-refractivity contribution in [1.82, 2.24) is 14.0 Å². The van der Waals surface area contributed by atoms with Crippen molar-refractivity contribution in [3.63, 3.8) is 0 Å². The average Bonchev–Trinajstić information content (AvgIpc) is 3.79. The van der Waals surface area contributed by atoms with Gasteiger partial charge in [0.15, 0.2) is 9.95 Å². The number of allylic oxidation sites excluding steroid dienone is 1. The van der Waals surface area contributed by atoms with E-state index in [0.29, 0.717) is 33.7 Å². The Balaban J connectivity index is 1.78. The molecule has 18 nitrogen and oxygen atoms in total. The number of thioether (sulfide) groups is 2. The van der Waals surface area contributed by atoms with Crippen molar-refractivity contribution in [3.05, 3.63) is 76.2 Å². The summed E-state index contributed by atoms with van der Waals surface area (Å²) < 4.78 is 44.7. The highest BCUT2D eigenvalue weighted by molar-refractivity contribution is 8.30. The summed E-state index contributed by atoms with van der Waals surface area (Å²) in [6.07, 6.45) is 1.94. The predicted octanol–water partition coefficient (Wildman–Crippen LogP) is 0.483. The van der Waals surface area contributed by atoms with Crippen molar-refractivity contribution < 1.29 is 56.6 Å². The molecule has 5 rings (SSSR count). The van der Waals surface area contributed by atoms with Gasteiger partial charge in [0.25, 0.3) is 27.1 Å². The maximum Gasteiger partial charge on any atom is 0.329 e. The number of hydrogen-bond donors (Lipinski definition) is 4. The SMILES string of the molecule is CCC(C=C1Sc2ccccc2N1CCCS(=O)(=O)O)=c1o/c(=c2/s/c(=C3/SC(=S)N(CC(=O)O)C3=O)n(CC(=O)O)c2=O)n(CCOCC(=O)O)c1=O. The van der Waals surface area contributed by atoms with Gasteiger partial charge in [-0.2, -0.15) is 8.42 Å². The molecule has 0 spiro atoms. The molecule has 4 N–H and O–H groups in total. The first-order chi connectivity index (χ1) is 25.5. The van der Waals surface area contributed by atoms with Crippen LogP contribution in [-0.4, -0.2) is 103 Å². The normalized spacial score (nSPS) is 17.4. The predicted molar refractivity (Wildman–Crippen MR) is 200 cm³/mol. The quantitative estimate of drug-likeness (QED) is 0.0922. The summed E-state index contributed by atoms with van der Waals surface area (Å²) >= 11 is 7.81. The molecule has 1 saturated heterocycles. The second-order valence-electron chi connectivity index (χ2n) is 11.4. The van der Waals surface area contributed by atoms with Crippen LogP contribution < -0.4 is 26.1 Å². The molecule has 0 radical (unpaired) electrons. The van der Waals surface area contributed by atoms with E-state index in [1.165, 1.54) is 11.8 Å². The van der Waals surface area contributed by atoms with E-state index < -0.39 is 70.5 Å². The minimum Gasteiger partial charge on any atom is -0.480 e. The van der Waals surface area contributed by atoms with Crippen molar-refractivity contribution >= 4 is 101 Å². The molecule has 1 amide bonds. The number of aromatic nitrogens is 2. The summed E-state index contributed by atoms with van der Waals surface area (Å²) in [5.41, 5.74) is -1.16. The zero-order valence-electron chi connectivity index (χ0n) is 28.0. The van der Waals surface area contributed by atoms with E-state index in [1.807, 2.05) is 23.1 Å². The van der Waals surface area contributed by atoms with Crippen LogP contribution in [0.15, 0.2) is 54.3 Å². The molecule has 0 bridgehead atoms. The van der Waals surface area contributed by atoms with Crippen LogP contribution in [0.4, 0.5) is 5.69 Å². The standard InChI is InChI=1S/C31H30N4O14S5/c1-2-16(12-19-32(8-5-11-54(45,46)47)17-6-3-4-7-18(17)51-19)23-26(42)33(9-10-48-15-22(40)41)29(49-23)24-27(43)34(13-20(36)37)30(52-24)25-28(44)35(14-21(38)39)31(50)53-25/h3-4,6-7,12H,2,5,8-11,13-15H2,1H3,(H,36,37)(H,38,39)(H,40,41)(H,45,46,47)/b19-12?,23-16?,29-24+,30-25+. The van der Waals surface area contributed by atoms with Gasteiger partial charge in [0, 0.05) is 17.0 Å². The smallest absolute Gasteiger partial charge is 0.329 e. The second kappa shape index (κ2) is 16.9. The second-order valence-corrected chi connectivity index (χ2v) is 16.6. The first-order valence-corrected chi connectivity index (χ1v) is 20.2. The van der Waals surface area contributed by atoms with Crippen LogP contribution in [0.5, 0.6) is 0 Å². The van der Waals surface area contributed by atoms with Gasteiger partial charge in [0.2, 0.25) is 5.55 Å². The third kappa shape index (κ3) is 9.05. The van der Waals surface area contributed by atoms with Crippen LogP contribution in [-0.2, 0) is 47.1 Å². The first kappa shape index (κ1) is 40.7. The number of fused-ring (bicyclic) bond motifs is 1. The molecule has 288 valence electrons. The number of aliphatic carboxylic acids is 3. The van der Waals surface area contributed by atoms with E-state index in [2.05, 4.69) is 0 Å². The van der Waals surface area contributed by atoms with Crippen molar-refractivity contribution in [2.75, 3.05) is 37.0 Å². The van der Waals surface area contributed by atoms with Gasteiger partial charge in [-0.05, 0) is 31.1 Å². The summed E-state index contributed by atoms with van der Waals surface area (Å²) in [4.78, 5) is 78.9. The van der Waals surface area contributed by atoms with Crippen LogP contribution in [0, 0.1) is 10.1 Å². The number of carboxylic acid groups (broad SMARTS) is 3. The van der Waals surface area contributed by atoms with Crippen LogP contribution in [0.1, 0.15) is 19.8 Å². The number of para-hydroxylation sites is 1. The number of oxazole rings is 1. The number of thiazole rings is 1. The topological polar surface area (TPSA) is 256 Å². The Bertz CT molecular complexity index is 2550. The van der Waals surface area contributed by atoms with E-state index in [-0.39, 0.29) is 61.9 Å². The van der Waals surface area contributed by atoms with E-state index in [0.717, 1.165) is 24.6 Å². The fourth-order valence-corrected chi connectivity index (χ4v) is 9.56. The van der Waals surface area contributed by atoms with Gasteiger partial charge in [0.05, 0.1) is 29.6 Å². The fraction of sp³-hybridized carbons (Fsp3) is 0.323. The third-order valence-corrected chi connectivity index (χ3v) is 12.3. The summed E-state index contributed by atoms with van der Waals surface area (Å²) in [6, 6.07) is 7.30. The number of benzene rings is 1. The molecule has 1 fully saturated rings. The van der Waals surface area contributed by atoms with E-state index in [4.69, 9.17) is 26.5 Å². The number of carbonyl (C=O) groups excluding carboxylic acids is 1. The molecule has 23 heteroatoms. The third-order valence-electron chi connectivity index (χ3n) is 7.67. The highest BCUT2D eigenvalue weighted by Gasteiger charge is 2.36. The highest BCUT2D eigenvalue weighted by atomic mass is 32.2. The molecule has 0 atom stereocenters. The van der Waals surface area contributed by atoms with E-state index in [9.17, 15) is 52.0 Å². The molecule has 2 aromatic heterocycles. The Morgan fingerprint density at radius 3 is 2.30 bits per heavy atom. The first-order valence-electron chi connectivity index (χ1n) is 15.7. The molecule has 0 unspecified atom stereocenters. The number of anilines is 1. The highest BCUT2D eigenvalue weighted by Crippen LogP contribution is 2.46. The molecule has 2 aliphatic heterocycles. The molecule has 3 aromatic rings. The van der Waals surface area contributed by atoms with Gasteiger partial charge in [-0.15, -0.1) is 11.3 Å². The molecule has 2 aliphatic rings. The molecule has 4 heterocycles. The van der Waals surface area contributed by atoms with Gasteiger partial charge in [-0.1, -0.05) is 54.8 Å². The van der Waals surface area contributed by atoms with Crippen molar-refractivity contribution in [3.8, 4) is 0 Å². The van der Waals surface area contributed by atoms with Crippen molar-refractivity contribution in [2.45, 2.75) is 37.8 Å². The zero-order chi connectivity index (χ0) is 39.5. The number of carbonyl (C=O) groups is 4. The van der Waals surface area contributed by atoms with E-state index in [1.54, 1.807) is 19.1 Å². The van der Waals surface area contributed by atoms with Crippen molar-refractivity contribution in [2.24, 2.45) is 0 Å². The summed E-state index contributed by atoms with van der Waals surface area (Å²) in [7, 11) is -4.23. The van der Waals surface area contributed by atoms with Crippen LogP contribution in [0.3, 0.4) is 0 Å². The van der Waals surface area contributed by atoms with Crippen molar-refractivity contribution in [1.29, 1.82) is 0 Å². The lowest BCUT2D eigenvalue weighted by atomic mass is 10.2. The Morgan fingerprint density at radius 2 is 1.65 bits per heavy atom. The van der Waals surface area contributed by atoms with Crippen LogP contribution >= 0.6 is 47.1 Å². The largest absolute Gasteiger partial charge is 0.480 e. The number of rotatable bonds is 15. The van der Waals surface area contributed by atoms with Gasteiger partial charge in [-0.3, -0.25) is 42.6 Å². The summed E-state index contributed by atoms with van der Waals surface area (Å²) in [6.45, 7) is -1.11.